The third-order valence-electron chi connectivity index (χ3n) is 12.9. The second-order valence-electron chi connectivity index (χ2n) is 14.5. The summed E-state index contributed by atoms with van der Waals surface area (Å²) in [6, 6.07) is 0.297. The van der Waals surface area contributed by atoms with Crippen LogP contribution >= 0.6 is 0 Å². The van der Waals surface area contributed by atoms with Crippen LogP contribution in [0.2, 0.25) is 0 Å². The molecule has 0 spiro atoms. The maximum absolute atomic E-state index is 12.3. The first-order valence-corrected chi connectivity index (χ1v) is 16.0. The highest BCUT2D eigenvalue weighted by molar-refractivity contribution is 5.67. The third kappa shape index (κ3) is 4.98. The molecule has 5 aliphatic carbocycles. The smallest absolute Gasteiger partial charge is 0.407 e. The molecular formula is C32H55NO4. The van der Waals surface area contributed by atoms with Gasteiger partial charge in [0, 0.05) is 6.04 Å². The van der Waals surface area contributed by atoms with Crippen molar-refractivity contribution in [3.8, 4) is 0 Å². The number of carbonyl (C=O) groups is 1. The molecule has 5 aliphatic rings. The van der Waals surface area contributed by atoms with Gasteiger partial charge >= 0.3 is 6.09 Å². The molecule has 0 saturated heterocycles. The van der Waals surface area contributed by atoms with E-state index in [4.69, 9.17) is 4.74 Å². The van der Waals surface area contributed by atoms with Crippen molar-refractivity contribution in [2.24, 2.45) is 52.3 Å². The average molecular weight is 518 g/mol. The lowest BCUT2D eigenvalue weighted by Gasteiger charge is -2.64. The molecule has 11 atom stereocenters. The number of aliphatic hydroxyl groups is 2. The lowest BCUT2D eigenvalue weighted by Crippen LogP contribution is -2.62. The van der Waals surface area contributed by atoms with Crippen molar-refractivity contribution in [3.63, 3.8) is 0 Å². The van der Waals surface area contributed by atoms with E-state index in [1.807, 2.05) is 0 Å². The van der Waals surface area contributed by atoms with Crippen LogP contribution in [0, 0.1) is 52.3 Å². The molecule has 5 rings (SSSR count). The fourth-order valence-electron chi connectivity index (χ4n) is 10.9. The topological polar surface area (TPSA) is 78.8 Å². The van der Waals surface area contributed by atoms with Gasteiger partial charge in [0.1, 0.15) is 0 Å². The van der Waals surface area contributed by atoms with Crippen molar-refractivity contribution in [1.82, 2.24) is 5.32 Å². The lowest BCUT2D eigenvalue weighted by atomic mass is 9.41. The Hall–Kier alpha value is -0.810. The Labute approximate surface area is 225 Å². The minimum Gasteiger partial charge on any atom is -0.450 e. The van der Waals surface area contributed by atoms with Gasteiger partial charge in [-0.05, 0) is 116 Å². The van der Waals surface area contributed by atoms with Crippen LogP contribution in [0.3, 0.4) is 0 Å². The molecule has 37 heavy (non-hydrogen) atoms. The van der Waals surface area contributed by atoms with E-state index in [1.165, 1.54) is 44.9 Å². The van der Waals surface area contributed by atoms with Gasteiger partial charge in [-0.1, -0.05) is 53.4 Å². The molecule has 3 N–H and O–H groups in total. The van der Waals surface area contributed by atoms with Gasteiger partial charge in [0.2, 0.25) is 0 Å². The first kappa shape index (κ1) is 27.7. The maximum Gasteiger partial charge on any atom is 0.407 e. The molecule has 5 heteroatoms. The standard InChI is InChI=1S/C32H55NO4/c1-5-23-27-19-22(34)13-16-32(27,4)26-14-17-31(3)24(11-12-25(31)28(26)29(23)35)20(2)15-18-37-30(36)33-21-9-7-6-8-10-21/h20-29,34-35H,5-19H2,1-4H3,(H,33,36)/t20-,22-,23-,24-,25+,26+,27?,28?,29-,31?,32?/m1/s1. The number of aliphatic hydroxyl groups excluding tert-OH is 2. The largest absolute Gasteiger partial charge is 0.450 e. The van der Waals surface area contributed by atoms with Crippen molar-refractivity contribution in [2.75, 3.05) is 6.61 Å². The van der Waals surface area contributed by atoms with Crippen LogP contribution in [0.15, 0.2) is 0 Å². The summed E-state index contributed by atoms with van der Waals surface area (Å²) in [5.41, 5.74) is 0.524. The maximum atomic E-state index is 12.3. The van der Waals surface area contributed by atoms with E-state index in [0.29, 0.717) is 54.1 Å². The number of hydrogen-bond donors (Lipinski definition) is 3. The monoisotopic (exact) mass is 517 g/mol. The number of hydrogen-bond acceptors (Lipinski definition) is 4. The first-order valence-electron chi connectivity index (χ1n) is 16.0. The predicted octanol–water partition coefficient (Wildman–Crippen LogP) is 6.70. The summed E-state index contributed by atoms with van der Waals surface area (Å²) in [4.78, 5) is 12.3. The van der Waals surface area contributed by atoms with Crippen molar-refractivity contribution >= 4 is 6.09 Å². The zero-order valence-electron chi connectivity index (χ0n) is 24.1. The highest BCUT2D eigenvalue weighted by Gasteiger charge is 2.64. The molecule has 0 bridgehead atoms. The molecule has 0 aliphatic heterocycles. The van der Waals surface area contributed by atoms with Crippen LogP contribution in [0.25, 0.3) is 0 Å². The fraction of sp³-hybridized carbons (Fsp3) is 0.969. The van der Waals surface area contributed by atoms with Crippen molar-refractivity contribution in [1.29, 1.82) is 0 Å². The number of rotatable bonds is 6. The molecule has 0 aromatic carbocycles. The fourth-order valence-corrected chi connectivity index (χ4v) is 10.9. The van der Waals surface area contributed by atoms with Gasteiger partial charge in [-0.3, -0.25) is 0 Å². The number of carbonyl (C=O) groups excluding carboxylic acids is 1. The minimum atomic E-state index is -0.233. The van der Waals surface area contributed by atoms with Gasteiger partial charge in [-0.25, -0.2) is 4.79 Å². The Morgan fingerprint density at radius 1 is 0.946 bits per heavy atom. The molecule has 0 aromatic rings. The zero-order valence-corrected chi connectivity index (χ0v) is 24.1. The summed E-state index contributed by atoms with van der Waals surface area (Å²) in [5, 5.41) is 25.5. The molecule has 212 valence electrons. The Morgan fingerprint density at radius 3 is 2.38 bits per heavy atom. The number of fused-ring (bicyclic) bond motifs is 5. The van der Waals surface area contributed by atoms with E-state index in [9.17, 15) is 15.0 Å². The summed E-state index contributed by atoms with van der Waals surface area (Å²) in [6.45, 7) is 10.2. The average Bonchev–Trinajstić information content (AvgIpc) is 3.23. The Bertz CT molecular complexity index is 798. The van der Waals surface area contributed by atoms with E-state index in [0.717, 1.165) is 44.9 Å². The first-order chi connectivity index (χ1) is 17.7. The van der Waals surface area contributed by atoms with Gasteiger partial charge in [0.25, 0.3) is 0 Å². The zero-order chi connectivity index (χ0) is 26.4. The summed E-state index contributed by atoms with van der Waals surface area (Å²) in [7, 11) is 0. The lowest BCUT2D eigenvalue weighted by molar-refractivity contribution is -0.203. The molecule has 4 unspecified atom stereocenters. The van der Waals surface area contributed by atoms with Crippen molar-refractivity contribution in [3.05, 3.63) is 0 Å². The highest BCUT2D eigenvalue weighted by Crippen LogP contribution is 2.69. The highest BCUT2D eigenvalue weighted by atomic mass is 16.5. The summed E-state index contributed by atoms with van der Waals surface area (Å²) in [6.07, 6.45) is 15.0. The summed E-state index contributed by atoms with van der Waals surface area (Å²) < 4.78 is 5.65. The summed E-state index contributed by atoms with van der Waals surface area (Å²) in [5.74, 6) is 3.49. The molecule has 5 saturated carbocycles. The normalized spacial score (nSPS) is 46.9. The van der Waals surface area contributed by atoms with Crippen molar-refractivity contribution < 1.29 is 19.7 Å². The van der Waals surface area contributed by atoms with Gasteiger partial charge in [-0.2, -0.15) is 0 Å². The van der Waals surface area contributed by atoms with E-state index in [1.54, 1.807) is 0 Å². The van der Waals surface area contributed by atoms with Gasteiger partial charge in [-0.15, -0.1) is 0 Å². The Kier molecular flexibility index (Phi) is 8.24. The molecule has 0 heterocycles. The number of amides is 1. The molecular weight excluding hydrogens is 462 g/mol. The SMILES string of the molecule is CC[C@@H]1C2C[C@H](O)CCC2(C)[C@H]2CCC3(C)[C@@H]([C@H](C)CCOC(=O)NC4CCCCC4)CC[C@H]3C2[C@@H]1O. The number of alkyl carbamates (subject to hydrolysis) is 1. The van der Waals surface area contributed by atoms with Crippen LogP contribution < -0.4 is 5.32 Å². The van der Waals surface area contributed by atoms with Crippen molar-refractivity contribution in [2.45, 2.75) is 136 Å². The van der Waals surface area contributed by atoms with E-state index in [-0.39, 0.29) is 29.1 Å². The van der Waals surface area contributed by atoms with Crippen LogP contribution in [0.1, 0.15) is 118 Å². The third-order valence-corrected chi connectivity index (χ3v) is 12.9. The quantitative estimate of drug-likeness (QED) is 0.366. The molecule has 0 aromatic heterocycles. The minimum absolute atomic E-state index is 0.187. The molecule has 0 radical (unpaired) electrons. The summed E-state index contributed by atoms with van der Waals surface area (Å²) >= 11 is 0. The Balaban J connectivity index is 1.22. The van der Waals surface area contributed by atoms with Gasteiger partial charge in [0.15, 0.2) is 0 Å². The van der Waals surface area contributed by atoms with E-state index in [2.05, 4.69) is 33.0 Å². The second-order valence-corrected chi connectivity index (χ2v) is 14.5. The number of nitrogens with one attached hydrogen (secondary N) is 1. The van der Waals surface area contributed by atoms with Gasteiger partial charge in [0.05, 0.1) is 18.8 Å². The number of ether oxygens (including phenoxy) is 1. The second kappa shape index (κ2) is 11.0. The van der Waals surface area contributed by atoms with Gasteiger partial charge < -0.3 is 20.3 Å². The van der Waals surface area contributed by atoms with E-state index < -0.39 is 0 Å². The predicted molar refractivity (Wildman–Crippen MR) is 147 cm³/mol. The molecule has 1 amide bonds. The van der Waals surface area contributed by atoms with Crippen LogP contribution in [0.4, 0.5) is 4.79 Å². The van der Waals surface area contributed by atoms with E-state index >= 15 is 0 Å². The van der Waals surface area contributed by atoms with Crippen LogP contribution in [0.5, 0.6) is 0 Å². The molecule has 5 fully saturated rings. The van der Waals surface area contributed by atoms with Crippen LogP contribution in [-0.2, 0) is 4.74 Å². The van der Waals surface area contributed by atoms with Crippen LogP contribution in [-0.4, -0.2) is 41.2 Å². The Morgan fingerprint density at radius 2 is 1.65 bits per heavy atom. The molecule has 5 nitrogen and oxygen atoms in total.